The number of thiazole rings is 1. The maximum atomic E-state index is 14.4. The van der Waals surface area contributed by atoms with E-state index in [1.165, 1.54) is 11.3 Å². The SMILES string of the molecule is CCC(=O)N[C@@H](Cc1nc2ccc(Cl)cc2s1)C(=O)N[C@H](C(=O)C[C@@H](CCCCN(C)C)C(=O)N[C@@H]1CCOc2ccccc21)C1CCOCC1. The normalized spacial score (nSPS) is 17.9. The molecule has 1 saturated heterocycles. The number of para-hydroxylation sites is 1. The molecule has 13 heteroatoms. The number of hydrogen-bond donors (Lipinski definition) is 3. The minimum Gasteiger partial charge on any atom is -0.493 e. The summed E-state index contributed by atoms with van der Waals surface area (Å²) in [4.78, 5) is 61.8. The summed E-state index contributed by atoms with van der Waals surface area (Å²) < 4.78 is 12.3. The summed E-state index contributed by atoms with van der Waals surface area (Å²) in [7, 11) is 4.03. The van der Waals surface area contributed by atoms with Crippen molar-refractivity contribution < 1.29 is 28.7 Å². The number of benzene rings is 2. The molecule has 3 N–H and O–H groups in total. The fourth-order valence-electron chi connectivity index (χ4n) is 6.77. The Hall–Kier alpha value is -3.58. The average Bonchev–Trinajstić information content (AvgIpc) is 3.53. The van der Waals surface area contributed by atoms with E-state index < -0.39 is 23.9 Å². The van der Waals surface area contributed by atoms with Crippen LogP contribution < -0.4 is 20.7 Å². The Balaban J connectivity index is 1.34. The highest BCUT2D eigenvalue weighted by Gasteiger charge is 2.36. The molecule has 0 aliphatic carbocycles. The van der Waals surface area contributed by atoms with Crippen molar-refractivity contribution in [1.29, 1.82) is 0 Å². The fraction of sp³-hybridized carbons (Fsp3) is 0.553. The lowest BCUT2D eigenvalue weighted by Crippen LogP contribution is -2.55. The van der Waals surface area contributed by atoms with E-state index >= 15 is 0 Å². The molecule has 0 spiro atoms. The summed E-state index contributed by atoms with van der Waals surface area (Å²) in [6.45, 7) is 4.05. The van der Waals surface area contributed by atoms with E-state index in [1.54, 1.807) is 13.0 Å². The van der Waals surface area contributed by atoms with Gasteiger partial charge in [0, 0.05) is 55.4 Å². The maximum absolute atomic E-state index is 14.4. The smallest absolute Gasteiger partial charge is 0.243 e. The number of rotatable bonds is 17. The van der Waals surface area contributed by atoms with E-state index in [-0.39, 0.29) is 48.8 Å². The summed E-state index contributed by atoms with van der Waals surface area (Å²) in [6, 6.07) is 11.1. The van der Waals surface area contributed by atoms with Crippen LogP contribution in [0.25, 0.3) is 10.2 Å². The number of carbonyl (C=O) groups excluding carboxylic acids is 4. The zero-order valence-corrected chi connectivity index (χ0v) is 31.3. The van der Waals surface area contributed by atoms with Crippen LogP contribution in [-0.2, 0) is 30.3 Å². The number of aromatic nitrogens is 1. The second-order valence-corrected chi connectivity index (χ2v) is 15.3. The first-order chi connectivity index (χ1) is 24.6. The number of ether oxygens (including phenoxy) is 2. The molecule has 2 aliphatic rings. The predicted octanol–water partition coefficient (Wildman–Crippen LogP) is 5.25. The number of hydrogen-bond acceptors (Lipinski definition) is 9. The van der Waals surface area contributed by atoms with Crippen molar-refractivity contribution in [3.63, 3.8) is 0 Å². The first-order valence-corrected chi connectivity index (χ1v) is 19.2. The van der Waals surface area contributed by atoms with Gasteiger partial charge in [0.2, 0.25) is 17.7 Å². The number of nitrogens with zero attached hydrogens (tertiary/aromatic N) is 2. The van der Waals surface area contributed by atoms with Crippen LogP contribution >= 0.6 is 22.9 Å². The van der Waals surface area contributed by atoms with Gasteiger partial charge in [0.05, 0.1) is 33.9 Å². The molecule has 2 aromatic carbocycles. The van der Waals surface area contributed by atoms with Crippen molar-refractivity contribution in [2.75, 3.05) is 40.5 Å². The van der Waals surface area contributed by atoms with Gasteiger partial charge in [0.15, 0.2) is 5.78 Å². The zero-order chi connectivity index (χ0) is 36.3. The lowest BCUT2D eigenvalue weighted by atomic mass is 9.84. The van der Waals surface area contributed by atoms with Gasteiger partial charge in [-0.3, -0.25) is 19.2 Å². The number of fused-ring (bicyclic) bond motifs is 2. The van der Waals surface area contributed by atoms with Gasteiger partial charge in [-0.25, -0.2) is 4.98 Å². The van der Waals surface area contributed by atoms with Crippen LogP contribution in [0, 0.1) is 11.8 Å². The summed E-state index contributed by atoms with van der Waals surface area (Å²) in [5, 5.41) is 10.4. The Kier molecular flexibility index (Phi) is 14.2. The maximum Gasteiger partial charge on any atom is 0.243 e. The van der Waals surface area contributed by atoms with Gasteiger partial charge in [0.25, 0.3) is 0 Å². The van der Waals surface area contributed by atoms with E-state index in [4.69, 9.17) is 21.1 Å². The van der Waals surface area contributed by atoms with Crippen molar-refractivity contribution >= 4 is 56.7 Å². The number of unbranched alkanes of at least 4 members (excludes halogenated alkanes) is 1. The Bertz CT molecular complexity index is 1660. The monoisotopic (exact) mass is 739 g/mol. The molecule has 0 bridgehead atoms. The molecule has 3 heterocycles. The first kappa shape index (κ1) is 38.6. The van der Waals surface area contributed by atoms with Crippen LogP contribution in [0.3, 0.4) is 0 Å². The molecule has 0 radical (unpaired) electrons. The lowest BCUT2D eigenvalue weighted by molar-refractivity contribution is -0.135. The van der Waals surface area contributed by atoms with E-state index in [1.807, 2.05) is 50.5 Å². The largest absolute Gasteiger partial charge is 0.493 e. The van der Waals surface area contributed by atoms with Crippen molar-refractivity contribution in [2.45, 2.75) is 82.8 Å². The molecular weight excluding hydrogens is 690 g/mol. The second-order valence-electron chi connectivity index (χ2n) is 13.7. The lowest BCUT2D eigenvalue weighted by Gasteiger charge is -2.32. The molecule has 1 aromatic heterocycles. The topological polar surface area (TPSA) is 139 Å². The van der Waals surface area contributed by atoms with Crippen LogP contribution in [-0.4, -0.2) is 85.9 Å². The summed E-state index contributed by atoms with van der Waals surface area (Å²) in [5.41, 5.74) is 1.69. The van der Waals surface area contributed by atoms with Crippen LogP contribution in [0.1, 0.15) is 74.9 Å². The van der Waals surface area contributed by atoms with E-state index in [2.05, 4.69) is 25.8 Å². The Labute approximate surface area is 309 Å². The van der Waals surface area contributed by atoms with Crippen molar-refractivity contribution in [3.05, 3.63) is 58.1 Å². The van der Waals surface area contributed by atoms with Gasteiger partial charge in [-0.15, -0.1) is 11.3 Å². The molecule has 11 nitrogen and oxygen atoms in total. The van der Waals surface area contributed by atoms with Crippen LogP contribution in [0.2, 0.25) is 5.02 Å². The van der Waals surface area contributed by atoms with Gasteiger partial charge < -0.3 is 30.3 Å². The van der Waals surface area contributed by atoms with Gasteiger partial charge in [-0.1, -0.05) is 43.1 Å². The molecule has 276 valence electrons. The number of nitrogens with one attached hydrogen (secondary N) is 3. The summed E-state index contributed by atoms with van der Waals surface area (Å²) >= 11 is 7.60. The number of amides is 3. The first-order valence-electron chi connectivity index (χ1n) is 18.0. The standard InChI is InChI=1S/C38H50ClN5O6S/c1-4-34(46)40-30(23-35-41-29-13-12-26(39)22-33(29)51-35)38(48)43-36(24-14-18-49-19-15-24)31(45)21-25(9-7-8-17-44(2)3)37(47)42-28-16-20-50-32-11-6-5-10-27(28)32/h5-6,10-13,22,24-25,28,30,36H,4,7-9,14-21,23H2,1-3H3,(H,40,46)(H,42,47)(H,43,48)/t25-,28-,30+,36+/m1/s1. The highest BCUT2D eigenvalue weighted by atomic mass is 35.5. The number of Topliss-reactive ketones (excluding diaryl/α,β-unsaturated/α-hetero) is 1. The molecule has 1 fully saturated rings. The van der Waals surface area contributed by atoms with E-state index in [0.29, 0.717) is 55.5 Å². The molecular formula is C38H50ClN5O6S. The second kappa shape index (κ2) is 18.8. The quantitative estimate of drug-likeness (QED) is 0.160. The molecule has 0 unspecified atom stereocenters. The van der Waals surface area contributed by atoms with Crippen molar-refractivity contribution in [2.24, 2.45) is 11.8 Å². The Morgan fingerprint density at radius 3 is 2.55 bits per heavy atom. The van der Waals surface area contributed by atoms with Gasteiger partial charge in [-0.2, -0.15) is 0 Å². The predicted molar refractivity (Wildman–Crippen MR) is 199 cm³/mol. The molecule has 0 saturated carbocycles. The number of carbonyl (C=O) groups is 4. The highest BCUT2D eigenvalue weighted by Crippen LogP contribution is 2.33. The van der Waals surface area contributed by atoms with Crippen molar-refractivity contribution in [3.8, 4) is 5.75 Å². The van der Waals surface area contributed by atoms with Crippen LogP contribution in [0.5, 0.6) is 5.75 Å². The van der Waals surface area contributed by atoms with Gasteiger partial charge in [-0.05, 0) is 76.5 Å². The highest BCUT2D eigenvalue weighted by molar-refractivity contribution is 7.18. The fourth-order valence-corrected chi connectivity index (χ4v) is 8.06. The van der Waals surface area contributed by atoms with Gasteiger partial charge >= 0.3 is 0 Å². The number of halogens is 1. The Morgan fingerprint density at radius 1 is 1.00 bits per heavy atom. The molecule has 4 atom stereocenters. The zero-order valence-electron chi connectivity index (χ0n) is 29.8. The Morgan fingerprint density at radius 2 is 1.78 bits per heavy atom. The third-order valence-corrected chi connectivity index (χ3v) is 10.9. The van der Waals surface area contributed by atoms with Gasteiger partial charge in [0.1, 0.15) is 11.8 Å². The van der Waals surface area contributed by atoms with Crippen molar-refractivity contribution in [1.82, 2.24) is 25.8 Å². The minimum absolute atomic E-state index is 0.00835. The minimum atomic E-state index is -0.942. The summed E-state index contributed by atoms with van der Waals surface area (Å²) in [5.74, 6) is -1.07. The molecule has 2 aliphatic heterocycles. The molecule has 3 aromatic rings. The van der Waals surface area contributed by atoms with Crippen LogP contribution in [0.4, 0.5) is 0 Å². The molecule has 51 heavy (non-hydrogen) atoms. The molecule has 3 amide bonds. The van der Waals surface area contributed by atoms with E-state index in [0.717, 1.165) is 40.9 Å². The average molecular weight is 740 g/mol. The molecule has 5 rings (SSSR count). The van der Waals surface area contributed by atoms with E-state index in [9.17, 15) is 19.2 Å². The summed E-state index contributed by atoms with van der Waals surface area (Å²) in [6.07, 6.45) is 4.39. The van der Waals surface area contributed by atoms with Crippen LogP contribution in [0.15, 0.2) is 42.5 Å². The third-order valence-electron chi connectivity index (χ3n) is 9.63. The third kappa shape index (κ3) is 11.0. The number of ketones is 1.